The second kappa shape index (κ2) is 4.40. The Labute approximate surface area is 92.4 Å². The molecule has 2 rings (SSSR count). The Balaban J connectivity index is 1.93. The standard InChI is InChI=1S/C11H12N2OS/c1-13-6-4-10(12-13)11(14)3-2-9-5-7-15-8-9/h4-8H,2-3H2,1H3. The summed E-state index contributed by atoms with van der Waals surface area (Å²) in [4.78, 5) is 11.7. The summed E-state index contributed by atoms with van der Waals surface area (Å²) < 4.78 is 1.65. The Morgan fingerprint density at radius 2 is 2.40 bits per heavy atom. The average molecular weight is 220 g/mol. The molecule has 0 fully saturated rings. The van der Waals surface area contributed by atoms with Crippen molar-refractivity contribution in [3.8, 4) is 0 Å². The van der Waals surface area contributed by atoms with Crippen molar-refractivity contribution in [2.24, 2.45) is 7.05 Å². The molecule has 0 aliphatic heterocycles. The first-order chi connectivity index (χ1) is 7.25. The molecule has 0 N–H and O–H groups in total. The zero-order valence-corrected chi connectivity index (χ0v) is 9.33. The van der Waals surface area contributed by atoms with E-state index in [9.17, 15) is 4.79 Å². The normalized spacial score (nSPS) is 10.5. The molecule has 0 unspecified atom stereocenters. The highest BCUT2D eigenvalue weighted by Gasteiger charge is 2.08. The van der Waals surface area contributed by atoms with Gasteiger partial charge in [0.2, 0.25) is 0 Å². The van der Waals surface area contributed by atoms with E-state index < -0.39 is 0 Å². The fraction of sp³-hybridized carbons (Fsp3) is 0.273. The number of aromatic nitrogens is 2. The molecule has 3 nitrogen and oxygen atoms in total. The maximum absolute atomic E-state index is 11.7. The number of hydrogen-bond donors (Lipinski definition) is 0. The lowest BCUT2D eigenvalue weighted by molar-refractivity contribution is 0.0977. The Kier molecular flexibility index (Phi) is 2.97. The number of hydrogen-bond acceptors (Lipinski definition) is 3. The van der Waals surface area contributed by atoms with Gasteiger partial charge in [0.1, 0.15) is 5.69 Å². The van der Waals surface area contributed by atoms with Gasteiger partial charge in [0, 0.05) is 19.7 Å². The highest BCUT2D eigenvalue weighted by molar-refractivity contribution is 7.07. The molecule has 78 valence electrons. The first-order valence-corrected chi connectivity index (χ1v) is 5.74. The number of aryl methyl sites for hydroxylation is 2. The van der Waals surface area contributed by atoms with Crippen molar-refractivity contribution in [3.05, 3.63) is 40.3 Å². The highest BCUT2D eigenvalue weighted by atomic mass is 32.1. The van der Waals surface area contributed by atoms with Gasteiger partial charge in [-0.3, -0.25) is 9.48 Å². The van der Waals surface area contributed by atoms with Gasteiger partial charge in [0.05, 0.1) is 0 Å². The predicted molar refractivity (Wildman–Crippen MR) is 60.2 cm³/mol. The quantitative estimate of drug-likeness (QED) is 0.741. The minimum absolute atomic E-state index is 0.113. The van der Waals surface area contributed by atoms with Crippen LogP contribution in [-0.2, 0) is 13.5 Å². The Morgan fingerprint density at radius 1 is 1.53 bits per heavy atom. The van der Waals surface area contributed by atoms with Gasteiger partial charge in [0.15, 0.2) is 5.78 Å². The molecule has 0 saturated carbocycles. The van der Waals surface area contributed by atoms with E-state index in [1.165, 1.54) is 5.56 Å². The highest BCUT2D eigenvalue weighted by Crippen LogP contribution is 2.10. The van der Waals surface area contributed by atoms with Crippen molar-refractivity contribution in [2.75, 3.05) is 0 Å². The summed E-state index contributed by atoms with van der Waals surface area (Å²) in [5.41, 5.74) is 1.79. The SMILES string of the molecule is Cn1ccc(C(=O)CCc2ccsc2)n1. The van der Waals surface area contributed by atoms with Gasteiger partial charge in [-0.25, -0.2) is 0 Å². The minimum Gasteiger partial charge on any atom is -0.292 e. The van der Waals surface area contributed by atoms with E-state index in [0.717, 1.165) is 6.42 Å². The van der Waals surface area contributed by atoms with Crippen LogP contribution in [0.15, 0.2) is 29.1 Å². The number of ketones is 1. The van der Waals surface area contributed by atoms with Crippen LogP contribution in [0.5, 0.6) is 0 Å². The maximum Gasteiger partial charge on any atom is 0.183 e. The van der Waals surface area contributed by atoms with Crippen molar-refractivity contribution in [3.63, 3.8) is 0 Å². The molecule has 15 heavy (non-hydrogen) atoms. The lowest BCUT2D eigenvalue weighted by atomic mass is 10.1. The van der Waals surface area contributed by atoms with Crippen LogP contribution in [0, 0.1) is 0 Å². The fourth-order valence-electron chi connectivity index (χ4n) is 1.38. The van der Waals surface area contributed by atoms with Crippen molar-refractivity contribution < 1.29 is 4.79 Å². The average Bonchev–Trinajstić information content (AvgIpc) is 2.84. The molecule has 0 aliphatic carbocycles. The topological polar surface area (TPSA) is 34.9 Å². The number of carbonyl (C=O) groups excluding carboxylic acids is 1. The molecule has 0 saturated heterocycles. The third-order valence-corrected chi connectivity index (χ3v) is 2.95. The zero-order valence-electron chi connectivity index (χ0n) is 8.51. The Bertz CT molecular complexity index is 445. The van der Waals surface area contributed by atoms with E-state index in [2.05, 4.69) is 16.5 Å². The summed E-state index contributed by atoms with van der Waals surface area (Å²) in [7, 11) is 1.82. The molecule has 0 radical (unpaired) electrons. The second-order valence-electron chi connectivity index (χ2n) is 3.43. The minimum atomic E-state index is 0.113. The first kappa shape index (κ1) is 10.1. The maximum atomic E-state index is 11.7. The van der Waals surface area contributed by atoms with Crippen LogP contribution in [0.1, 0.15) is 22.5 Å². The van der Waals surface area contributed by atoms with E-state index in [4.69, 9.17) is 0 Å². The number of rotatable bonds is 4. The van der Waals surface area contributed by atoms with Gasteiger partial charge in [-0.05, 0) is 34.9 Å². The van der Waals surface area contributed by atoms with E-state index in [0.29, 0.717) is 12.1 Å². The van der Waals surface area contributed by atoms with Crippen LogP contribution in [-0.4, -0.2) is 15.6 Å². The van der Waals surface area contributed by atoms with Gasteiger partial charge < -0.3 is 0 Å². The summed E-state index contributed by atoms with van der Waals surface area (Å²) in [6.45, 7) is 0. The van der Waals surface area contributed by atoms with Crippen LogP contribution in [0.3, 0.4) is 0 Å². The Morgan fingerprint density at radius 3 is 3.00 bits per heavy atom. The second-order valence-corrected chi connectivity index (χ2v) is 4.21. The summed E-state index contributed by atoms with van der Waals surface area (Å²) in [6.07, 6.45) is 3.13. The monoisotopic (exact) mass is 220 g/mol. The molecule has 0 aliphatic rings. The first-order valence-electron chi connectivity index (χ1n) is 4.79. The molecule has 0 spiro atoms. The summed E-state index contributed by atoms with van der Waals surface area (Å²) >= 11 is 1.66. The van der Waals surface area contributed by atoms with Crippen LogP contribution < -0.4 is 0 Å². The van der Waals surface area contributed by atoms with Crippen LogP contribution in [0.2, 0.25) is 0 Å². The van der Waals surface area contributed by atoms with Crippen LogP contribution >= 0.6 is 11.3 Å². The smallest absolute Gasteiger partial charge is 0.183 e. The third-order valence-electron chi connectivity index (χ3n) is 2.22. The molecular formula is C11H12N2OS. The molecule has 0 bridgehead atoms. The van der Waals surface area contributed by atoms with E-state index in [-0.39, 0.29) is 5.78 Å². The fourth-order valence-corrected chi connectivity index (χ4v) is 2.09. The van der Waals surface area contributed by atoms with Crippen LogP contribution in [0.25, 0.3) is 0 Å². The van der Waals surface area contributed by atoms with Gasteiger partial charge in [0.25, 0.3) is 0 Å². The molecular weight excluding hydrogens is 208 g/mol. The van der Waals surface area contributed by atoms with Gasteiger partial charge >= 0.3 is 0 Å². The number of Topliss-reactive ketones (excluding diaryl/α,β-unsaturated/α-hetero) is 1. The van der Waals surface area contributed by atoms with Crippen molar-refractivity contribution in [2.45, 2.75) is 12.8 Å². The summed E-state index contributed by atoms with van der Waals surface area (Å²) in [5, 5.41) is 8.18. The molecule has 0 amide bonds. The summed E-state index contributed by atoms with van der Waals surface area (Å²) in [5.74, 6) is 0.113. The van der Waals surface area contributed by atoms with E-state index >= 15 is 0 Å². The molecule has 2 heterocycles. The number of thiophene rings is 1. The van der Waals surface area contributed by atoms with Crippen LogP contribution in [0.4, 0.5) is 0 Å². The number of nitrogens with zero attached hydrogens (tertiary/aromatic N) is 2. The summed E-state index contributed by atoms with van der Waals surface area (Å²) in [6, 6.07) is 3.81. The third kappa shape index (κ3) is 2.53. The lowest BCUT2D eigenvalue weighted by Crippen LogP contribution is -2.02. The van der Waals surface area contributed by atoms with Crippen molar-refractivity contribution in [1.82, 2.24) is 9.78 Å². The largest absolute Gasteiger partial charge is 0.292 e. The van der Waals surface area contributed by atoms with Gasteiger partial charge in [-0.15, -0.1) is 0 Å². The molecule has 2 aromatic rings. The molecule has 0 atom stereocenters. The van der Waals surface area contributed by atoms with Crippen molar-refractivity contribution in [1.29, 1.82) is 0 Å². The van der Waals surface area contributed by atoms with Gasteiger partial charge in [-0.2, -0.15) is 16.4 Å². The van der Waals surface area contributed by atoms with Crippen molar-refractivity contribution >= 4 is 17.1 Å². The zero-order chi connectivity index (χ0) is 10.7. The molecule has 4 heteroatoms. The predicted octanol–water partition coefficient (Wildman–Crippen LogP) is 2.30. The van der Waals surface area contributed by atoms with E-state index in [1.807, 2.05) is 12.4 Å². The lowest BCUT2D eigenvalue weighted by Gasteiger charge is -1.95. The molecule has 2 aromatic heterocycles. The number of carbonyl (C=O) groups is 1. The molecule has 0 aromatic carbocycles. The van der Waals surface area contributed by atoms with E-state index in [1.54, 1.807) is 28.3 Å². The Hall–Kier alpha value is -1.42. The van der Waals surface area contributed by atoms with Gasteiger partial charge in [-0.1, -0.05) is 0 Å².